The van der Waals surface area contributed by atoms with E-state index in [0.717, 1.165) is 11.1 Å². The zero-order valence-corrected chi connectivity index (χ0v) is 18.9. The Hall–Kier alpha value is -3.27. The Kier molecular flexibility index (Phi) is 7.93. The first-order valence-corrected chi connectivity index (χ1v) is 11.0. The smallest absolute Gasteiger partial charge is 0.326 e. The van der Waals surface area contributed by atoms with Crippen LogP contribution in [0.25, 0.3) is 0 Å². The number of hydrogen-bond donors (Lipinski definition) is 0. The van der Waals surface area contributed by atoms with Crippen LogP contribution < -0.4 is 10.5 Å². The first-order chi connectivity index (χ1) is 15.4. The van der Waals surface area contributed by atoms with Crippen LogP contribution in [0, 0.1) is 5.82 Å². The molecule has 1 aromatic carbocycles. The molecular formula is C22H24FN5O3S. The number of ether oxygens (including phenoxy) is 1. The van der Waals surface area contributed by atoms with E-state index >= 15 is 0 Å². The van der Waals surface area contributed by atoms with Gasteiger partial charge in [0.2, 0.25) is 5.95 Å². The summed E-state index contributed by atoms with van der Waals surface area (Å²) >= 11 is 1.29. The van der Waals surface area contributed by atoms with Crippen LogP contribution in [0.5, 0.6) is 0 Å². The second-order valence-electron chi connectivity index (χ2n) is 7.16. The predicted octanol–water partition coefficient (Wildman–Crippen LogP) is 2.68. The molecule has 0 saturated heterocycles. The molecule has 32 heavy (non-hydrogen) atoms. The van der Waals surface area contributed by atoms with Gasteiger partial charge < -0.3 is 14.2 Å². The van der Waals surface area contributed by atoms with E-state index in [1.807, 2.05) is 14.1 Å². The number of benzene rings is 1. The molecule has 0 aliphatic rings. The van der Waals surface area contributed by atoms with Crippen LogP contribution in [-0.2, 0) is 28.2 Å². The van der Waals surface area contributed by atoms with Crippen molar-refractivity contribution in [1.29, 1.82) is 0 Å². The minimum absolute atomic E-state index is 0.0735. The summed E-state index contributed by atoms with van der Waals surface area (Å²) in [6.07, 6.45) is 5.23. The van der Waals surface area contributed by atoms with E-state index in [1.54, 1.807) is 47.1 Å². The monoisotopic (exact) mass is 457 g/mol. The lowest BCUT2D eigenvalue weighted by atomic mass is 10.1. The SMILES string of the molecule is CCOC(=O)Cn1cc(Cc2cnc(N(C)C)nc2)c(=O)nc1SCc1ccc(F)cc1. The quantitative estimate of drug-likeness (QED) is 0.275. The molecule has 2 heterocycles. The highest BCUT2D eigenvalue weighted by atomic mass is 32.2. The largest absolute Gasteiger partial charge is 0.465 e. The van der Waals surface area contributed by atoms with E-state index in [1.165, 1.54) is 23.9 Å². The van der Waals surface area contributed by atoms with Gasteiger partial charge in [0.25, 0.3) is 5.56 Å². The molecule has 0 saturated carbocycles. The van der Waals surface area contributed by atoms with Gasteiger partial charge >= 0.3 is 5.97 Å². The van der Waals surface area contributed by atoms with Crippen LogP contribution >= 0.6 is 11.8 Å². The molecular weight excluding hydrogens is 433 g/mol. The van der Waals surface area contributed by atoms with Crippen LogP contribution in [0.4, 0.5) is 10.3 Å². The lowest BCUT2D eigenvalue weighted by molar-refractivity contribution is -0.144. The molecule has 8 nitrogen and oxygen atoms in total. The molecule has 0 amide bonds. The van der Waals surface area contributed by atoms with Crippen molar-refractivity contribution in [1.82, 2.24) is 19.5 Å². The van der Waals surface area contributed by atoms with Crippen LogP contribution in [0.1, 0.15) is 23.6 Å². The van der Waals surface area contributed by atoms with E-state index in [4.69, 9.17) is 4.74 Å². The van der Waals surface area contributed by atoms with Gasteiger partial charge in [0, 0.05) is 50.4 Å². The normalized spacial score (nSPS) is 10.8. The summed E-state index contributed by atoms with van der Waals surface area (Å²) in [6.45, 7) is 1.91. The van der Waals surface area contributed by atoms with Crippen molar-refractivity contribution in [2.75, 3.05) is 25.6 Å². The van der Waals surface area contributed by atoms with Gasteiger partial charge in [-0.15, -0.1) is 0 Å². The third-order valence-electron chi connectivity index (χ3n) is 4.40. The molecule has 3 rings (SSSR count). The summed E-state index contributed by atoms with van der Waals surface area (Å²) in [7, 11) is 3.69. The van der Waals surface area contributed by atoms with Gasteiger partial charge in [-0.2, -0.15) is 4.98 Å². The number of carbonyl (C=O) groups is 1. The van der Waals surface area contributed by atoms with Gasteiger partial charge in [-0.25, -0.2) is 14.4 Å². The Morgan fingerprint density at radius 1 is 1.16 bits per heavy atom. The highest BCUT2D eigenvalue weighted by Gasteiger charge is 2.14. The van der Waals surface area contributed by atoms with E-state index in [9.17, 15) is 14.0 Å². The Balaban J connectivity index is 1.85. The number of hydrogen-bond acceptors (Lipinski definition) is 8. The number of aromatic nitrogens is 4. The zero-order valence-electron chi connectivity index (χ0n) is 18.1. The van der Waals surface area contributed by atoms with Crippen molar-refractivity contribution in [3.8, 4) is 0 Å². The number of carbonyl (C=O) groups excluding carboxylic acids is 1. The second kappa shape index (κ2) is 10.9. The molecule has 0 aliphatic heterocycles. The van der Waals surface area contributed by atoms with Crippen LogP contribution in [0.3, 0.4) is 0 Å². The van der Waals surface area contributed by atoms with Gasteiger partial charge in [0.15, 0.2) is 5.16 Å². The highest BCUT2D eigenvalue weighted by molar-refractivity contribution is 7.98. The minimum Gasteiger partial charge on any atom is -0.465 e. The standard InChI is InChI=1S/C22H24FN5O3S/c1-4-31-19(29)13-28-12-17(9-16-10-24-21(25-11-16)27(2)3)20(30)26-22(28)32-14-15-5-7-18(23)8-6-15/h5-8,10-12H,4,9,13-14H2,1-3H3. The third kappa shape index (κ3) is 6.36. The maximum Gasteiger partial charge on any atom is 0.326 e. The van der Waals surface area contributed by atoms with Crippen LogP contribution in [-0.4, -0.2) is 46.2 Å². The lowest BCUT2D eigenvalue weighted by Crippen LogP contribution is -2.23. The molecule has 10 heteroatoms. The average molecular weight is 458 g/mol. The van der Waals surface area contributed by atoms with Crippen LogP contribution in [0.15, 0.2) is 52.8 Å². The topological polar surface area (TPSA) is 90.2 Å². The van der Waals surface area contributed by atoms with Crippen molar-refractivity contribution in [2.45, 2.75) is 30.8 Å². The van der Waals surface area contributed by atoms with Gasteiger partial charge in [-0.05, 0) is 30.2 Å². The first kappa shape index (κ1) is 23.4. The molecule has 2 aromatic heterocycles. The fraction of sp³-hybridized carbons (Fsp3) is 0.318. The Bertz CT molecular complexity index is 1120. The van der Waals surface area contributed by atoms with Gasteiger partial charge in [0.05, 0.1) is 6.61 Å². The number of rotatable bonds is 9. The van der Waals surface area contributed by atoms with Crippen molar-refractivity contribution >= 4 is 23.7 Å². The molecule has 0 fully saturated rings. The van der Waals surface area contributed by atoms with Crippen molar-refractivity contribution in [3.05, 3.63) is 75.7 Å². The van der Waals surface area contributed by atoms with Crippen molar-refractivity contribution in [3.63, 3.8) is 0 Å². The molecule has 0 atom stereocenters. The number of halogens is 1. The van der Waals surface area contributed by atoms with E-state index in [-0.39, 0.29) is 30.9 Å². The fourth-order valence-corrected chi connectivity index (χ4v) is 3.75. The zero-order chi connectivity index (χ0) is 23.1. The van der Waals surface area contributed by atoms with E-state index in [0.29, 0.717) is 22.4 Å². The van der Waals surface area contributed by atoms with Crippen molar-refractivity contribution < 1.29 is 13.9 Å². The summed E-state index contributed by atoms with van der Waals surface area (Å²) in [5, 5.41) is 0.385. The average Bonchev–Trinajstić information content (AvgIpc) is 2.76. The summed E-state index contributed by atoms with van der Waals surface area (Å²) < 4.78 is 19.8. The summed E-state index contributed by atoms with van der Waals surface area (Å²) in [6, 6.07) is 6.09. The molecule has 0 bridgehead atoms. The van der Waals surface area contributed by atoms with E-state index < -0.39 is 5.97 Å². The molecule has 0 spiro atoms. The number of thioether (sulfide) groups is 1. The summed E-state index contributed by atoms with van der Waals surface area (Å²) in [5.41, 5.74) is 1.66. The number of esters is 1. The van der Waals surface area contributed by atoms with Crippen molar-refractivity contribution in [2.24, 2.45) is 0 Å². The predicted molar refractivity (Wildman–Crippen MR) is 120 cm³/mol. The number of nitrogens with zero attached hydrogens (tertiary/aromatic N) is 5. The van der Waals surface area contributed by atoms with Gasteiger partial charge in [-0.1, -0.05) is 23.9 Å². The molecule has 168 valence electrons. The molecule has 0 aliphatic carbocycles. The summed E-state index contributed by atoms with van der Waals surface area (Å²) in [5.74, 6) is 0.294. The third-order valence-corrected chi connectivity index (χ3v) is 5.46. The van der Waals surface area contributed by atoms with Gasteiger partial charge in [-0.3, -0.25) is 9.59 Å². The van der Waals surface area contributed by atoms with E-state index in [2.05, 4.69) is 15.0 Å². The maximum absolute atomic E-state index is 13.1. The Morgan fingerprint density at radius 2 is 1.84 bits per heavy atom. The first-order valence-electron chi connectivity index (χ1n) is 9.97. The summed E-state index contributed by atoms with van der Waals surface area (Å²) in [4.78, 5) is 39.3. The Morgan fingerprint density at radius 3 is 2.47 bits per heavy atom. The van der Waals surface area contributed by atoms with Gasteiger partial charge in [0.1, 0.15) is 12.4 Å². The Labute approximate surface area is 189 Å². The minimum atomic E-state index is -0.425. The molecule has 0 unspecified atom stereocenters. The van der Waals surface area contributed by atoms with Crippen LogP contribution in [0.2, 0.25) is 0 Å². The molecule has 0 N–H and O–H groups in total. The highest BCUT2D eigenvalue weighted by Crippen LogP contribution is 2.21. The number of anilines is 1. The second-order valence-corrected chi connectivity index (χ2v) is 8.11. The maximum atomic E-state index is 13.1. The lowest BCUT2D eigenvalue weighted by Gasteiger charge is -2.14. The molecule has 0 radical (unpaired) electrons. The molecule has 3 aromatic rings. The fourth-order valence-electron chi connectivity index (χ4n) is 2.84.